The fourth-order valence-corrected chi connectivity index (χ4v) is 3.26. The molecule has 2 amide bonds. The third kappa shape index (κ3) is 2.59. The quantitative estimate of drug-likeness (QED) is 0.855. The summed E-state index contributed by atoms with van der Waals surface area (Å²) in [6, 6.07) is 5.37. The molecule has 1 fully saturated rings. The van der Waals surface area contributed by atoms with Crippen LogP contribution < -0.4 is 19.9 Å². The van der Waals surface area contributed by atoms with Gasteiger partial charge in [0.1, 0.15) is 12.4 Å². The van der Waals surface area contributed by atoms with Crippen molar-refractivity contribution >= 4 is 29.2 Å². The Balaban J connectivity index is 1.60. The predicted molar refractivity (Wildman–Crippen MR) is 88.6 cm³/mol. The fraction of sp³-hybridized carbons (Fsp3) is 0.353. The Morgan fingerprint density at radius 3 is 2.96 bits per heavy atom. The normalized spacial score (nSPS) is 24.4. The molecule has 0 radical (unpaired) electrons. The molecule has 3 heterocycles. The number of benzene rings is 1. The summed E-state index contributed by atoms with van der Waals surface area (Å²) >= 11 is 0. The summed E-state index contributed by atoms with van der Waals surface area (Å²) in [6.45, 7) is 0.551. The van der Waals surface area contributed by atoms with Crippen molar-refractivity contribution in [2.75, 3.05) is 30.0 Å². The zero-order valence-electron chi connectivity index (χ0n) is 13.6. The minimum atomic E-state index is -0.824. The summed E-state index contributed by atoms with van der Waals surface area (Å²) in [5.41, 5.74) is 1.45. The van der Waals surface area contributed by atoms with E-state index in [0.717, 1.165) is 5.69 Å². The predicted octanol–water partition coefficient (Wildman–Crippen LogP) is 0.812. The standard InChI is InChI=1S/C17H17N3O5/c1-18-16(22)15-8-20(17(23)25-15)10-2-3-13-14(7-10)24-9-11-6-12(21)4-5-19(11)13/h2-5,7,11,15H,6,8-9H2,1H3,(H,18,22)/t11?,15-/m1/s1. The van der Waals surface area contributed by atoms with Crippen molar-refractivity contribution in [1.82, 2.24) is 5.32 Å². The summed E-state index contributed by atoms with van der Waals surface area (Å²) in [7, 11) is 1.50. The summed E-state index contributed by atoms with van der Waals surface area (Å²) < 4.78 is 10.9. The lowest BCUT2D eigenvalue weighted by atomic mass is 10.0. The van der Waals surface area contributed by atoms with Gasteiger partial charge in [0, 0.05) is 25.7 Å². The molecule has 0 spiro atoms. The van der Waals surface area contributed by atoms with Crippen LogP contribution in [0.3, 0.4) is 0 Å². The molecule has 1 aromatic carbocycles. The van der Waals surface area contributed by atoms with E-state index in [0.29, 0.717) is 24.5 Å². The molecule has 1 aromatic rings. The number of amides is 2. The number of rotatable bonds is 2. The zero-order valence-corrected chi connectivity index (χ0v) is 13.6. The Hall–Kier alpha value is -3.03. The summed E-state index contributed by atoms with van der Waals surface area (Å²) in [4.78, 5) is 38.7. The minimum absolute atomic E-state index is 0.00904. The van der Waals surface area contributed by atoms with Gasteiger partial charge in [-0.25, -0.2) is 4.79 Å². The smallest absolute Gasteiger partial charge is 0.415 e. The number of nitrogens with zero attached hydrogens (tertiary/aromatic N) is 2. The van der Waals surface area contributed by atoms with Crippen LogP contribution in [0.15, 0.2) is 30.5 Å². The second-order valence-electron chi connectivity index (χ2n) is 6.11. The largest absolute Gasteiger partial charge is 0.489 e. The molecule has 0 aliphatic carbocycles. The summed E-state index contributed by atoms with van der Waals surface area (Å²) in [5.74, 6) is 0.380. The van der Waals surface area contributed by atoms with Crippen molar-refractivity contribution in [3.05, 3.63) is 30.5 Å². The van der Waals surface area contributed by atoms with E-state index in [1.807, 2.05) is 11.0 Å². The lowest BCUT2D eigenvalue weighted by Crippen LogP contribution is -2.43. The van der Waals surface area contributed by atoms with Gasteiger partial charge in [-0.3, -0.25) is 14.5 Å². The maximum Gasteiger partial charge on any atom is 0.415 e. The molecule has 130 valence electrons. The van der Waals surface area contributed by atoms with E-state index in [1.54, 1.807) is 24.4 Å². The number of carbonyl (C=O) groups excluding carboxylic acids is 3. The topological polar surface area (TPSA) is 88.2 Å². The van der Waals surface area contributed by atoms with Crippen LogP contribution in [-0.4, -0.2) is 50.1 Å². The van der Waals surface area contributed by atoms with E-state index in [2.05, 4.69) is 5.32 Å². The van der Waals surface area contributed by atoms with E-state index in [1.165, 1.54) is 11.9 Å². The Bertz CT molecular complexity index is 790. The average molecular weight is 343 g/mol. The number of likely N-dealkylation sites (N-methyl/N-ethyl adjacent to an activating group) is 1. The molecule has 3 aliphatic rings. The first-order valence-corrected chi connectivity index (χ1v) is 8.03. The molecule has 2 atom stereocenters. The number of nitrogens with one attached hydrogen (secondary N) is 1. The molecule has 1 N–H and O–H groups in total. The molecular formula is C17H17N3O5. The number of carbonyl (C=O) groups is 3. The number of fused-ring (bicyclic) bond motifs is 3. The van der Waals surface area contributed by atoms with E-state index >= 15 is 0 Å². The van der Waals surface area contributed by atoms with Crippen molar-refractivity contribution in [3.63, 3.8) is 0 Å². The fourth-order valence-electron chi connectivity index (χ4n) is 3.26. The van der Waals surface area contributed by atoms with Crippen LogP contribution in [0.25, 0.3) is 0 Å². The van der Waals surface area contributed by atoms with E-state index in [-0.39, 0.29) is 24.3 Å². The second-order valence-corrected chi connectivity index (χ2v) is 6.11. The van der Waals surface area contributed by atoms with Gasteiger partial charge in [-0.05, 0) is 18.2 Å². The summed E-state index contributed by atoms with van der Waals surface area (Å²) in [6.07, 6.45) is 2.36. The highest BCUT2D eigenvalue weighted by Crippen LogP contribution is 2.39. The number of ether oxygens (including phenoxy) is 2. The number of hydrogen-bond acceptors (Lipinski definition) is 6. The monoisotopic (exact) mass is 343 g/mol. The molecule has 8 heteroatoms. The Kier molecular flexibility index (Phi) is 3.60. The van der Waals surface area contributed by atoms with Gasteiger partial charge in [-0.15, -0.1) is 0 Å². The molecule has 0 aromatic heterocycles. The maximum atomic E-state index is 12.1. The van der Waals surface area contributed by atoms with Crippen molar-refractivity contribution in [3.8, 4) is 5.75 Å². The van der Waals surface area contributed by atoms with E-state index < -0.39 is 12.2 Å². The molecule has 1 saturated heterocycles. The van der Waals surface area contributed by atoms with Crippen molar-refractivity contribution in [1.29, 1.82) is 0 Å². The van der Waals surface area contributed by atoms with Gasteiger partial charge < -0.3 is 19.7 Å². The first kappa shape index (κ1) is 15.5. The number of ketones is 1. The molecule has 1 unspecified atom stereocenters. The van der Waals surface area contributed by atoms with Gasteiger partial charge in [0.25, 0.3) is 5.91 Å². The van der Waals surface area contributed by atoms with E-state index in [9.17, 15) is 14.4 Å². The molecule has 3 aliphatic heterocycles. The van der Waals surface area contributed by atoms with Crippen LogP contribution in [0, 0.1) is 0 Å². The Morgan fingerprint density at radius 2 is 2.16 bits per heavy atom. The zero-order chi connectivity index (χ0) is 17.6. The van der Waals surface area contributed by atoms with Gasteiger partial charge >= 0.3 is 6.09 Å². The maximum absolute atomic E-state index is 12.1. The van der Waals surface area contributed by atoms with Crippen molar-refractivity contribution in [2.24, 2.45) is 0 Å². The van der Waals surface area contributed by atoms with Gasteiger partial charge in [0.15, 0.2) is 11.9 Å². The van der Waals surface area contributed by atoms with Crippen LogP contribution in [0.4, 0.5) is 16.2 Å². The molecule has 0 bridgehead atoms. The Morgan fingerprint density at radius 1 is 1.32 bits per heavy atom. The van der Waals surface area contributed by atoms with E-state index in [4.69, 9.17) is 9.47 Å². The van der Waals surface area contributed by atoms with Gasteiger partial charge in [-0.2, -0.15) is 0 Å². The van der Waals surface area contributed by atoms with Gasteiger partial charge in [-0.1, -0.05) is 0 Å². The van der Waals surface area contributed by atoms with Crippen LogP contribution >= 0.6 is 0 Å². The highest BCUT2D eigenvalue weighted by Gasteiger charge is 2.37. The number of cyclic esters (lactones) is 1. The first-order valence-electron chi connectivity index (χ1n) is 8.03. The first-order chi connectivity index (χ1) is 12.1. The Labute approximate surface area is 144 Å². The van der Waals surface area contributed by atoms with Crippen LogP contribution in [-0.2, 0) is 14.3 Å². The molecule has 4 rings (SSSR count). The molecule has 25 heavy (non-hydrogen) atoms. The van der Waals surface area contributed by atoms with Crippen LogP contribution in [0.5, 0.6) is 5.75 Å². The highest BCUT2D eigenvalue weighted by atomic mass is 16.6. The van der Waals surface area contributed by atoms with Crippen LogP contribution in [0.2, 0.25) is 0 Å². The lowest BCUT2D eigenvalue weighted by molar-refractivity contribution is -0.127. The average Bonchev–Trinajstić information content (AvgIpc) is 3.02. The number of allylic oxidation sites excluding steroid dienone is 1. The van der Waals surface area contributed by atoms with Crippen molar-refractivity contribution < 1.29 is 23.9 Å². The molecule has 8 nitrogen and oxygen atoms in total. The third-order valence-electron chi connectivity index (χ3n) is 4.57. The SMILES string of the molecule is CNC(=O)[C@H]1CN(c2ccc3c(c2)OCC2CC(=O)C=CN32)C(=O)O1. The molecule has 0 saturated carbocycles. The summed E-state index contributed by atoms with van der Waals surface area (Å²) in [5, 5.41) is 2.47. The highest BCUT2D eigenvalue weighted by molar-refractivity contribution is 5.96. The van der Waals surface area contributed by atoms with Gasteiger partial charge in [0.05, 0.1) is 24.0 Å². The number of anilines is 2. The molecular weight excluding hydrogens is 326 g/mol. The van der Waals surface area contributed by atoms with Gasteiger partial charge in [0.2, 0.25) is 0 Å². The third-order valence-corrected chi connectivity index (χ3v) is 4.57. The second kappa shape index (κ2) is 5.80. The lowest BCUT2D eigenvalue weighted by Gasteiger charge is -2.38. The van der Waals surface area contributed by atoms with Crippen LogP contribution in [0.1, 0.15) is 6.42 Å². The van der Waals surface area contributed by atoms with Crippen molar-refractivity contribution in [2.45, 2.75) is 18.6 Å². The number of hydrogen-bond donors (Lipinski definition) is 1. The minimum Gasteiger partial charge on any atom is -0.489 e.